The number of thioether (sulfide) groups is 2. The molecule has 0 amide bonds. The van der Waals surface area contributed by atoms with Crippen molar-refractivity contribution in [2.75, 3.05) is 23.9 Å². The molecule has 13 heteroatoms. The summed E-state index contributed by atoms with van der Waals surface area (Å²) in [7, 11) is 0. The number of hydrogen-bond acceptors (Lipinski definition) is 9. The smallest absolute Gasteiger partial charge is 0.330 e. The van der Waals surface area contributed by atoms with Crippen molar-refractivity contribution in [3.05, 3.63) is 102 Å². The fourth-order valence-corrected chi connectivity index (χ4v) is 8.07. The number of nitrogens with one attached hydrogen (secondary N) is 2. The average Bonchev–Trinajstić information content (AvgIpc) is 3.55. The van der Waals surface area contributed by atoms with Gasteiger partial charge in [-0.05, 0) is 60.3 Å². The molecule has 2 aliphatic heterocycles. The number of hydrogen-bond donors (Lipinski definition) is 3. The molecule has 2 aromatic heterocycles. The maximum absolute atomic E-state index is 12.4. The molecule has 11 nitrogen and oxygen atoms in total. The molecule has 0 unspecified atom stereocenters. The molecule has 4 heterocycles. The van der Waals surface area contributed by atoms with Gasteiger partial charge in [0.05, 0.1) is 12.2 Å². The zero-order valence-corrected chi connectivity index (χ0v) is 24.8. The molecule has 226 valence electrons. The third kappa shape index (κ3) is 7.75. The summed E-state index contributed by atoms with van der Waals surface area (Å²) in [6.45, 7) is -0.0111. The van der Waals surface area contributed by atoms with E-state index in [1.54, 1.807) is 11.8 Å². The summed E-state index contributed by atoms with van der Waals surface area (Å²) >= 11 is 3.64. The fourth-order valence-electron chi connectivity index (χ4n) is 5.65. The minimum atomic E-state index is -0.505. The van der Waals surface area contributed by atoms with Crippen LogP contribution in [-0.2, 0) is 15.2 Å². The van der Waals surface area contributed by atoms with Gasteiger partial charge in [0.2, 0.25) is 0 Å². The fraction of sp³-hybridized carbons (Fsp3) is 0.517. The maximum Gasteiger partial charge on any atom is 0.330 e. The molecule has 0 saturated carbocycles. The Bertz CT molecular complexity index is 1540. The van der Waals surface area contributed by atoms with Gasteiger partial charge >= 0.3 is 11.4 Å². The first-order valence-corrected chi connectivity index (χ1v) is 16.5. The van der Waals surface area contributed by atoms with E-state index in [1.165, 1.54) is 39.2 Å². The van der Waals surface area contributed by atoms with E-state index in [2.05, 4.69) is 22.1 Å². The molecule has 5 rings (SSSR count). The Morgan fingerprint density at radius 2 is 1.31 bits per heavy atom. The molecule has 0 bridgehead atoms. The molecule has 1 aromatic carbocycles. The molecule has 2 saturated heterocycles. The van der Waals surface area contributed by atoms with E-state index >= 15 is 0 Å². The first-order valence-electron chi connectivity index (χ1n) is 14.2. The summed E-state index contributed by atoms with van der Waals surface area (Å²) in [5.74, 6) is 3.81. The van der Waals surface area contributed by atoms with E-state index in [1.807, 2.05) is 30.0 Å². The number of aliphatic hydroxyl groups is 1. The standard InChI is InChI=1S/C29H36N4O7S2/c34-12-8-22-20(14-26(39-22)32-10-6-24(35)30-28(32)37)17-41-13-9-23-21(18-42-16-19-4-2-1-3-5-19)15-27(40-23)33-11-7-25(36)31-29(33)38/h1-7,10-11,20-23,26-27,34H,8-9,12-18H2,(H,30,35,37)(H,31,36,38)/t20-,21-,22-,23-,26-,27-/m1/s1. The van der Waals surface area contributed by atoms with Gasteiger partial charge in [-0.15, -0.1) is 0 Å². The monoisotopic (exact) mass is 616 g/mol. The number of H-pyrrole nitrogens is 2. The van der Waals surface area contributed by atoms with Crippen LogP contribution in [0.4, 0.5) is 0 Å². The highest BCUT2D eigenvalue weighted by Gasteiger charge is 2.38. The lowest BCUT2D eigenvalue weighted by atomic mass is 10.0. The third-order valence-corrected chi connectivity index (χ3v) is 10.2. The van der Waals surface area contributed by atoms with Crippen LogP contribution in [-0.4, -0.2) is 60.3 Å². The van der Waals surface area contributed by atoms with Gasteiger partial charge in [0.1, 0.15) is 12.5 Å². The highest BCUT2D eigenvalue weighted by atomic mass is 32.2. The Morgan fingerprint density at radius 3 is 1.86 bits per heavy atom. The lowest BCUT2D eigenvalue weighted by Crippen LogP contribution is -2.31. The number of aromatic amines is 2. The normalized spacial score (nSPS) is 25.6. The van der Waals surface area contributed by atoms with E-state index in [9.17, 15) is 24.3 Å². The maximum atomic E-state index is 12.4. The van der Waals surface area contributed by atoms with Crippen LogP contribution in [0.2, 0.25) is 0 Å². The highest BCUT2D eigenvalue weighted by Crippen LogP contribution is 2.39. The van der Waals surface area contributed by atoms with E-state index < -0.39 is 35.0 Å². The van der Waals surface area contributed by atoms with Gasteiger partial charge in [0.25, 0.3) is 11.1 Å². The van der Waals surface area contributed by atoms with Crippen molar-refractivity contribution in [3.63, 3.8) is 0 Å². The molecule has 2 fully saturated rings. The molecule has 3 N–H and O–H groups in total. The van der Waals surface area contributed by atoms with Gasteiger partial charge in [-0.2, -0.15) is 23.5 Å². The number of nitrogens with zero attached hydrogens (tertiary/aromatic N) is 2. The second-order valence-corrected chi connectivity index (χ2v) is 12.8. The topological polar surface area (TPSA) is 148 Å². The van der Waals surface area contributed by atoms with Gasteiger partial charge in [0, 0.05) is 36.9 Å². The molecule has 0 aliphatic carbocycles. The van der Waals surface area contributed by atoms with Crippen LogP contribution in [0.1, 0.15) is 43.7 Å². The molecule has 3 aromatic rings. The van der Waals surface area contributed by atoms with Crippen LogP contribution < -0.4 is 22.5 Å². The number of benzene rings is 1. The van der Waals surface area contributed by atoms with Crippen molar-refractivity contribution in [1.82, 2.24) is 19.1 Å². The summed E-state index contributed by atoms with van der Waals surface area (Å²) in [6.07, 6.45) is 4.39. The predicted octanol–water partition coefficient (Wildman–Crippen LogP) is 2.33. The number of ether oxygens (including phenoxy) is 2. The second kappa shape index (κ2) is 14.6. The molecule has 0 spiro atoms. The van der Waals surface area contributed by atoms with Crippen molar-refractivity contribution in [2.45, 2.75) is 56.1 Å². The van der Waals surface area contributed by atoms with Gasteiger partial charge in [-0.3, -0.25) is 28.7 Å². The summed E-state index contributed by atoms with van der Waals surface area (Å²) in [6, 6.07) is 13.0. The van der Waals surface area contributed by atoms with E-state index in [0.717, 1.165) is 29.4 Å². The first kappa shape index (κ1) is 30.6. The molecule has 0 radical (unpaired) electrons. The second-order valence-electron chi connectivity index (χ2n) is 10.7. The predicted molar refractivity (Wildman–Crippen MR) is 163 cm³/mol. The molecular formula is C29H36N4O7S2. The van der Waals surface area contributed by atoms with Gasteiger partial charge in [-0.25, -0.2) is 9.59 Å². The summed E-state index contributed by atoms with van der Waals surface area (Å²) in [5.41, 5.74) is -0.590. The van der Waals surface area contributed by atoms with Crippen LogP contribution in [0.5, 0.6) is 0 Å². The molecule has 6 atom stereocenters. The van der Waals surface area contributed by atoms with Gasteiger partial charge < -0.3 is 14.6 Å². The van der Waals surface area contributed by atoms with Crippen molar-refractivity contribution in [1.29, 1.82) is 0 Å². The Balaban J connectivity index is 1.18. The Kier molecular flexibility index (Phi) is 10.6. The molecule has 42 heavy (non-hydrogen) atoms. The van der Waals surface area contributed by atoms with E-state index in [4.69, 9.17) is 9.47 Å². The Labute approximate surface area is 250 Å². The van der Waals surface area contributed by atoms with Crippen LogP contribution in [0.15, 0.2) is 74.0 Å². The number of aromatic nitrogens is 4. The third-order valence-electron chi connectivity index (χ3n) is 7.78. The van der Waals surface area contributed by atoms with Gasteiger partial charge in [-0.1, -0.05) is 30.3 Å². The Morgan fingerprint density at radius 1 is 0.762 bits per heavy atom. The van der Waals surface area contributed by atoms with E-state index in [-0.39, 0.29) is 30.7 Å². The largest absolute Gasteiger partial charge is 0.396 e. The average molecular weight is 617 g/mol. The highest BCUT2D eigenvalue weighted by molar-refractivity contribution is 7.99. The zero-order valence-electron chi connectivity index (χ0n) is 23.1. The number of rotatable bonds is 13. The van der Waals surface area contributed by atoms with Crippen LogP contribution in [0.3, 0.4) is 0 Å². The summed E-state index contributed by atoms with van der Waals surface area (Å²) in [4.78, 5) is 52.4. The van der Waals surface area contributed by atoms with Crippen molar-refractivity contribution in [3.8, 4) is 0 Å². The summed E-state index contributed by atoms with van der Waals surface area (Å²) in [5, 5.41) is 9.57. The van der Waals surface area contributed by atoms with Crippen LogP contribution in [0, 0.1) is 11.8 Å². The van der Waals surface area contributed by atoms with Gasteiger partial charge in [0.15, 0.2) is 0 Å². The minimum Gasteiger partial charge on any atom is -0.396 e. The quantitative estimate of drug-likeness (QED) is 0.246. The number of aliphatic hydroxyl groups excluding tert-OH is 1. The first-order chi connectivity index (χ1) is 20.4. The van der Waals surface area contributed by atoms with E-state index in [0.29, 0.717) is 19.3 Å². The zero-order chi connectivity index (χ0) is 29.5. The minimum absolute atomic E-state index is 0.0111. The van der Waals surface area contributed by atoms with Crippen LogP contribution >= 0.6 is 23.5 Å². The Hall–Kier alpha value is -2.84. The van der Waals surface area contributed by atoms with Crippen LogP contribution in [0.25, 0.3) is 0 Å². The van der Waals surface area contributed by atoms with Crippen molar-refractivity contribution < 1.29 is 14.6 Å². The van der Waals surface area contributed by atoms with Crippen molar-refractivity contribution >= 4 is 23.5 Å². The molecular weight excluding hydrogens is 580 g/mol. The SMILES string of the molecule is O=c1ccn([C@H]2C[C@H](CSCC[C@H]3O[C@@H](n4ccc(=O)[nH]c4=O)C[C@@H]3CSCc3ccccc3)[C@@H](CCO)O2)c(=O)[nH]1. The lowest BCUT2D eigenvalue weighted by molar-refractivity contribution is -0.0159. The molecule has 2 aliphatic rings. The summed E-state index contributed by atoms with van der Waals surface area (Å²) < 4.78 is 15.4. The lowest BCUT2D eigenvalue weighted by Gasteiger charge is -2.20. The van der Waals surface area contributed by atoms with Crippen molar-refractivity contribution in [2.24, 2.45) is 11.8 Å².